The van der Waals surface area contributed by atoms with Crippen molar-refractivity contribution in [2.24, 2.45) is 5.92 Å². The van der Waals surface area contributed by atoms with Crippen molar-refractivity contribution in [3.8, 4) is 0 Å². The van der Waals surface area contributed by atoms with Crippen LogP contribution in [0.4, 0.5) is 25.8 Å². The number of likely N-dealkylation sites (tertiary alicyclic amines) is 1. The second-order valence-corrected chi connectivity index (χ2v) is 9.04. The van der Waals surface area contributed by atoms with Crippen molar-refractivity contribution in [2.75, 3.05) is 35.2 Å². The maximum absolute atomic E-state index is 14.4. The van der Waals surface area contributed by atoms with Gasteiger partial charge in [-0.3, -0.25) is 9.59 Å². The molecule has 2 aromatic rings. The molecule has 2 aromatic carbocycles. The van der Waals surface area contributed by atoms with E-state index in [1.807, 2.05) is 11.8 Å². The van der Waals surface area contributed by atoms with Crippen LogP contribution in [0.15, 0.2) is 30.3 Å². The Morgan fingerprint density at radius 2 is 1.97 bits per heavy atom. The van der Waals surface area contributed by atoms with E-state index in [9.17, 15) is 18.4 Å². The highest BCUT2D eigenvalue weighted by Gasteiger charge is 2.42. The molecule has 8 heteroatoms. The molecule has 6 nitrogen and oxygen atoms in total. The fourth-order valence-corrected chi connectivity index (χ4v) is 5.35. The highest BCUT2D eigenvalue weighted by atomic mass is 19.1. The van der Waals surface area contributed by atoms with Crippen molar-refractivity contribution in [3.63, 3.8) is 0 Å². The van der Waals surface area contributed by atoms with Crippen LogP contribution < -0.4 is 15.5 Å². The van der Waals surface area contributed by atoms with Crippen LogP contribution in [0, 0.1) is 24.5 Å². The van der Waals surface area contributed by atoms with Gasteiger partial charge in [0.25, 0.3) is 0 Å². The highest BCUT2D eigenvalue weighted by molar-refractivity contribution is 5.98. The predicted octanol–water partition coefficient (Wildman–Crippen LogP) is 3.31. The molecule has 3 aliphatic heterocycles. The Kier molecular flexibility index (Phi) is 5.03. The number of carbonyl (C=O) groups is 2. The molecule has 2 amide bonds. The average Bonchev–Trinajstić information content (AvgIpc) is 3.44. The Morgan fingerprint density at radius 1 is 1.16 bits per heavy atom. The van der Waals surface area contributed by atoms with Crippen LogP contribution in [-0.4, -0.2) is 48.4 Å². The number of halogens is 2. The molecular weight excluding hydrogens is 414 g/mol. The summed E-state index contributed by atoms with van der Waals surface area (Å²) in [5.41, 5.74) is 3.08. The molecular formula is C24H26F2N4O2. The molecule has 1 unspecified atom stereocenters. The molecule has 5 rings (SSSR count). The van der Waals surface area contributed by atoms with E-state index in [1.54, 1.807) is 19.1 Å². The average molecular weight is 440 g/mol. The van der Waals surface area contributed by atoms with E-state index in [2.05, 4.69) is 15.5 Å². The first-order valence-corrected chi connectivity index (χ1v) is 11.0. The Bertz CT molecular complexity index is 1070. The molecule has 0 aromatic heterocycles. The summed E-state index contributed by atoms with van der Waals surface area (Å²) in [4.78, 5) is 28.7. The Balaban J connectivity index is 1.30. The maximum Gasteiger partial charge on any atom is 0.247 e. The van der Waals surface area contributed by atoms with E-state index >= 15 is 0 Å². The first-order chi connectivity index (χ1) is 15.3. The van der Waals surface area contributed by atoms with E-state index in [4.69, 9.17) is 0 Å². The predicted molar refractivity (Wildman–Crippen MR) is 119 cm³/mol. The van der Waals surface area contributed by atoms with Crippen LogP contribution in [0.25, 0.3) is 0 Å². The zero-order valence-corrected chi connectivity index (χ0v) is 18.1. The molecule has 2 saturated heterocycles. The Labute approximate surface area is 185 Å². The van der Waals surface area contributed by atoms with Gasteiger partial charge in [0.2, 0.25) is 11.8 Å². The van der Waals surface area contributed by atoms with Crippen molar-refractivity contribution in [3.05, 3.63) is 53.1 Å². The van der Waals surface area contributed by atoms with Gasteiger partial charge in [0.15, 0.2) is 0 Å². The van der Waals surface area contributed by atoms with E-state index in [0.717, 1.165) is 25.1 Å². The molecule has 3 atom stereocenters. The van der Waals surface area contributed by atoms with Crippen molar-refractivity contribution in [2.45, 2.75) is 38.8 Å². The summed E-state index contributed by atoms with van der Waals surface area (Å²) in [7, 11) is 0. The molecule has 32 heavy (non-hydrogen) atoms. The number of carbonyl (C=O) groups excluding carboxylic acids is 2. The summed E-state index contributed by atoms with van der Waals surface area (Å²) < 4.78 is 28.6. The molecule has 3 heterocycles. The first-order valence-electron chi connectivity index (χ1n) is 11.0. The van der Waals surface area contributed by atoms with E-state index in [0.29, 0.717) is 35.1 Å². The number of aryl methyl sites for hydroxylation is 1. The molecule has 3 aliphatic rings. The third kappa shape index (κ3) is 3.57. The fraction of sp³-hybridized carbons (Fsp3) is 0.417. The number of nitrogens with one attached hydrogen (secondary N) is 2. The van der Waals surface area contributed by atoms with E-state index in [-0.39, 0.29) is 30.1 Å². The van der Waals surface area contributed by atoms with Gasteiger partial charge >= 0.3 is 0 Å². The van der Waals surface area contributed by atoms with Gasteiger partial charge in [-0.1, -0.05) is 6.07 Å². The Hall–Kier alpha value is -3.16. The van der Waals surface area contributed by atoms with Crippen LogP contribution in [0.5, 0.6) is 0 Å². The van der Waals surface area contributed by atoms with Gasteiger partial charge in [-0.05, 0) is 43.2 Å². The largest absolute Gasteiger partial charge is 0.373 e. The summed E-state index contributed by atoms with van der Waals surface area (Å²) in [6.07, 6.45) is 1.19. The first kappa shape index (κ1) is 20.7. The van der Waals surface area contributed by atoms with Gasteiger partial charge < -0.3 is 20.4 Å². The minimum Gasteiger partial charge on any atom is -0.373 e. The molecule has 0 saturated carbocycles. The SMILES string of the molecule is CC(=O)N1CC[C@H]2CN(c3cc(F)cc(NC(=O)C4Cc5c(F)ccc(C)c5N4)c3)C[C@H]21. The molecule has 0 radical (unpaired) electrons. The number of benzene rings is 2. The van der Waals surface area contributed by atoms with Gasteiger partial charge in [0.1, 0.15) is 17.7 Å². The summed E-state index contributed by atoms with van der Waals surface area (Å²) in [5.74, 6) is -0.663. The van der Waals surface area contributed by atoms with Crippen LogP contribution in [0.2, 0.25) is 0 Å². The molecule has 0 spiro atoms. The van der Waals surface area contributed by atoms with Gasteiger partial charge in [0, 0.05) is 61.5 Å². The topological polar surface area (TPSA) is 64.7 Å². The zero-order chi connectivity index (χ0) is 22.6. The van der Waals surface area contributed by atoms with Gasteiger partial charge in [-0.25, -0.2) is 8.78 Å². The normalized spacial score (nSPS) is 23.7. The third-order valence-electron chi connectivity index (χ3n) is 6.97. The number of fused-ring (bicyclic) bond motifs is 2. The van der Waals surface area contributed by atoms with Crippen LogP contribution in [0.1, 0.15) is 24.5 Å². The van der Waals surface area contributed by atoms with Gasteiger partial charge in [-0.15, -0.1) is 0 Å². The second-order valence-electron chi connectivity index (χ2n) is 9.04. The number of rotatable bonds is 3. The summed E-state index contributed by atoms with van der Waals surface area (Å²) >= 11 is 0. The lowest BCUT2D eigenvalue weighted by atomic mass is 10.1. The molecule has 2 fully saturated rings. The van der Waals surface area contributed by atoms with Crippen molar-refractivity contribution in [1.29, 1.82) is 0 Å². The maximum atomic E-state index is 14.4. The molecule has 2 N–H and O–H groups in total. The second kappa shape index (κ2) is 7.76. The third-order valence-corrected chi connectivity index (χ3v) is 6.97. The summed E-state index contributed by atoms with van der Waals surface area (Å²) in [6.45, 7) is 5.63. The molecule has 0 aliphatic carbocycles. The van der Waals surface area contributed by atoms with Gasteiger partial charge in [-0.2, -0.15) is 0 Å². The lowest BCUT2D eigenvalue weighted by Crippen LogP contribution is -2.38. The van der Waals surface area contributed by atoms with E-state index in [1.165, 1.54) is 18.2 Å². The summed E-state index contributed by atoms with van der Waals surface area (Å²) in [6, 6.07) is 7.11. The van der Waals surface area contributed by atoms with Crippen molar-refractivity contribution in [1.82, 2.24) is 4.90 Å². The number of nitrogens with zero attached hydrogens (tertiary/aromatic N) is 2. The molecule has 0 bridgehead atoms. The quantitative estimate of drug-likeness (QED) is 0.769. The van der Waals surface area contributed by atoms with Gasteiger partial charge in [0.05, 0.1) is 6.04 Å². The minimum atomic E-state index is -0.623. The van der Waals surface area contributed by atoms with Crippen molar-refractivity contribution >= 4 is 28.9 Å². The number of hydrogen-bond donors (Lipinski definition) is 2. The summed E-state index contributed by atoms with van der Waals surface area (Å²) in [5, 5.41) is 5.88. The standard InChI is InChI=1S/C24H26F2N4O2/c1-13-3-4-20(26)19-10-21(28-23(13)19)24(32)27-17-7-16(25)8-18(9-17)29-11-15-5-6-30(14(2)31)22(15)12-29/h3-4,7-9,15,21-22,28H,5-6,10-12H2,1-2H3,(H,27,32)/t15-,21?,22+/m0/s1. The fourth-order valence-electron chi connectivity index (χ4n) is 5.35. The lowest BCUT2D eigenvalue weighted by molar-refractivity contribution is -0.129. The van der Waals surface area contributed by atoms with Crippen LogP contribution in [-0.2, 0) is 16.0 Å². The Morgan fingerprint density at radius 3 is 2.72 bits per heavy atom. The monoisotopic (exact) mass is 440 g/mol. The minimum absolute atomic E-state index is 0.0725. The highest BCUT2D eigenvalue weighted by Crippen LogP contribution is 2.36. The smallest absolute Gasteiger partial charge is 0.247 e. The number of anilines is 3. The van der Waals surface area contributed by atoms with Crippen molar-refractivity contribution < 1.29 is 18.4 Å². The molecule has 168 valence electrons. The lowest BCUT2D eigenvalue weighted by Gasteiger charge is -2.25. The van der Waals surface area contributed by atoms with Crippen LogP contribution in [0.3, 0.4) is 0 Å². The number of hydrogen-bond acceptors (Lipinski definition) is 4. The van der Waals surface area contributed by atoms with E-state index < -0.39 is 11.9 Å². The van der Waals surface area contributed by atoms with Crippen LogP contribution >= 0.6 is 0 Å². The zero-order valence-electron chi connectivity index (χ0n) is 18.1. The number of amides is 2.